The smallest absolute Gasteiger partial charge is 0.151 e. The molecular weight excluding hydrogens is 338 g/mol. The average molecular weight is 361 g/mol. The van der Waals surface area contributed by atoms with Crippen molar-refractivity contribution in [3.8, 4) is 5.75 Å². The number of benzene rings is 2. The number of nitrogens with two attached hydrogens (primary N) is 1. The van der Waals surface area contributed by atoms with E-state index in [0.717, 1.165) is 34.1 Å². The molecule has 0 saturated carbocycles. The largest absolute Gasteiger partial charge is 0.497 e. The van der Waals surface area contributed by atoms with E-state index in [1.807, 2.05) is 18.2 Å². The van der Waals surface area contributed by atoms with Crippen molar-refractivity contribution >= 4 is 17.3 Å². The van der Waals surface area contributed by atoms with E-state index in [0.29, 0.717) is 12.4 Å². The van der Waals surface area contributed by atoms with Crippen LogP contribution in [0.5, 0.6) is 5.75 Å². The SMILES string of the molecule is COc1cccc(C2CN=C(Nc3ccc(C)cc3C)c3[nH]nc(N)c32)c1. The van der Waals surface area contributed by atoms with E-state index in [4.69, 9.17) is 15.5 Å². The van der Waals surface area contributed by atoms with Crippen molar-refractivity contribution in [2.75, 3.05) is 24.7 Å². The molecule has 138 valence electrons. The fourth-order valence-electron chi connectivity index (χ4n) is 3.56. The van der Waals surface area contributed by atoms with E-state index in [1.54, 1.807) is 7.11 Å². The number of ether oxygens (including phenoxy) is 1. The van der Waals surface area contributed by atoms with Crippen LogP contribution < -0.4 is 15.8 Å². The van der Waals surface area contributed by atoms with Crippen LogP contribution in [0.4, 0.5) is 11.5 Å². The summed E-state index contributed by atoms with van der Waals surface area (Å²) >= 11 is 0. The van der Waals surface area contributed by atoms with Crippen molar-refractivity contribution in [3.05, 3.63) is 70.4 Å². The van der Waals surface area contributed by atoms with Crippen LogP contribution in [-0.4, -0.2) is 29.7 Å². The van der Waals surface area contributed by atoms with Gasteiger partial charge in [0, 0.05) is 17.2 Å². The number of H-pyrrole nitrogens is 1. The molecule has 2 heterocycles. The fourth-order valence-corrected chi connectivity index (χ4v) is 3.56. The third-order valence-electron chi connectivity index (χ3n) is 4.98. The molecule has 1 unspecified atom stereocenters. The summed E-state index contributed by atoms with van der Waals surface area (Å²) in [5.41, 5.74) is 12.6. The fraction of sp³-hybridized carbons (Fsp3) is 0.238. The number of fused-ring (bicyclic) bond motifs is 1. The van der Waals surface area contributed by atoms with Gasteiger partial charge in [-0.1, -0.05) is 29.8 Å². The van der Waals surface area contributed by atoms with Gasteiger partial charge in [0.25, 0.3) is 0 Å². The number of nitrogens with zero attached hydrogens (tertiary/aromatic N) is 2. The van der Waals surface area contributed by atoms with Gasteiger partial charge in [0.15, 0.2) is 5.84 Å². The molecule has 0 amide bonds. The van der Waals surface area contributed by atoms with E-state index < -0.39 is 0 Å². The standard InChI is InChI=1S/C21H23N5O/c1-12-7-8-17(13(2)9-12)24-21-19-18(20(22)26-25-19)16(11-23-21)14-5-4-6-15(10-14)27-3/h4-10,16H,11H2,1-3H3,(H,23,24)(H3,22,25,26). The van der Waals surface area contributed by atoms with Gasteiger partial charge in [0.2, 0.25) is 0 Å². The van der Waals surface area contributed by atoms with E-state index in [1.165, 1.54) is 11.1 Å². The van der Waals surface area contributed by atoms with Crippen molar-refractivity contribution in [2.45, 2.75) is 19.8 Å². The third kappa shape index (κ3) is 3.14. The van der Waals surface area contributed by atoms with Gasteiger partial charge in [-0.15, -0.1) is 0 Å². The first-order valence-corrected chi connectivity index (χ1v) is 8.93. The predicted octanol–water partition coefficient (Wildman–Crippen LogP) is 3.62. The molecule has 27 heavy (non-hydrogen) atoms. The monoisotopic (exact) mass is 361 g/mol. The normalized spacial score (nSPS) is 15.8. The molecule has 0 spiro atoms. The number of aromatic nitrogens is 2. The lowest BCUT2D eigenvalue weighted by Gasteiger charge is -2.23. The molecule has 4 rings (SSSR count). The van der Waals surface area contributed by atoms with Crippen LogP contribution in [0.1, 0.15) is 33.9 Å². The summed E-state index contributed by atoms with van der Waals surface area (Å²) in [5.74, 6) is 2.13. The summed E-state index contributed by atoms with van der Waals surface area (Å²) in [6.45, 7) is 4.76. The van der Waals surface area contributed by atoms with Crippen LogP contribution in [0.3, 0.4) is 0 Å². The second kappa shape index (κ2) is 6.79. The summed E-state index contributed by atoms with van der Waals surface area (Å²) in [5, 5.41) is 10.7. The Morgan fingerprint density at radius 3 is 2.81 bits per heavy atom. The lowest BCUT2D eigenvalue weighted by Crippen LogP contribution is -2.24. The first kappa shape index (κ1) is 17.1. The Morgan fingerprint density at radius 2 is 2.04 bits per heavy atom. The van der Waals surface area contributed by atoms with Gasteiger partial charge in [0.05, 0.1) is 13.7 Å². The van der Waals surface area contributed by atoms with E-state index in [9.17, 15) is 0 Å². The molecule has 0 fully saturated rings. The summed E-state index contributed by atoms with van der Waals surface area (Å²) in [6, 6.07) is 14.3. The minimum absolute atomic E-state index is 0.0403. The van der Waals surface area contributed by atoms with Crippen LogP contribution in [0.15, 0.2) is 47.5 Å². The molecular formula is C21H23N5O. The van der Waals surface area contributed by atoms with Crippen molar-refractivity contribution in [3.63, 3.8) is 0 Å². The summed E-state index contributed by atoms with van der Waals surface area (Å²) in [7, 11) is 1.67. The average Bonchev–Trinajstić information content (AvgIpc) is 3.06. The molecule has 2 aromatic carbocycles. The second-order valence-electron chi connectivity index (χ2n) is 6.86. The Morgan fingerprint density at radius 1 is 1.19 bits per heavy atom. The molecule has 6 heteroatoms. The molecule has 1 atom stereocenters. The molecule has 3 aromatic rings. The van der Waals surface area contributed by atoms with Crippen molar-refractivity contribution < 1.29 is 4.74 Å². The Bertz CT molecular complexity index is 1020. The molecule has 0 radical (unpaired) electrons. The zero-order valence-corrected chi connectivity index (χ0v) is 15.7. The highest BCUT2D eigenvalue weighted by molar-refractivity contribution is 6.09. The number of nitrogens with one attached hydrogen (secondary N) is 2. The van der Waals surface area contributed by atoms with Crippen molar-refractivity contribution in [1.82, 2.24) is 10.2 Å². The second-order valence-corrected chi connectivity index (χ2v) is 6.86. The first-order valence-electron chi connectivity index (χ1n) is 8.93. The van der Waals surface area contributed by atoms with E-state index >= 15 is 0 Å². The lowest BCUT2D eigenvalue weighted by atomic mass is 9.88. The maximum Gasteiger partial charge on any atom is 0.151 e. The third-order valence-corrected chi connectivity index (χ3v) is 4.98. The minimum atomic E-state index is 0.0403. The number of hydrogen-bond donors (Lipinski definition) is 3. The number of aryl methyl sites for hydroxylation is 2. The number of rotatable bonds is 3. The number of aliphatic imine (C=N–C) groups is 1. The summed E-state index contributed by atoms with van der Waals surface area (Å²) < 4.78 is 5.37. The minimum Gasteiger partial charge on any atom is -0.497 e. The zero-order chi connectivity index (χ0) is 19.0. The Kier molecular flexibility index (Phi) is 4.32. The quantitative estimate of drug-likeness (QED) is 0.665. The predicted molar refractivity (Wildman–Crippen MR) is 109 cm³/mol. The molecule has 1 aromatic heterocycles. The topological polar surface area (TPSA) is 88.3 Å². The first-order chi connectivity index (χ1) is 13.1. The number of anilines is 2. The van der Waals surface area contributed by atoms with Gasteiger partial charge in [-0.3, -0.25) is 10.1 Å². The summed E-state index contributed by atoms with van der Waals surface area (Å²) in [6.07, 6.45) is 0. The molecule has 4 N–H and O–H groups in total. The van der Waals surface area contributed by atoms with Gasteiger partial charge < -0.3 is 15.8 Å². The Balaban J connectivity index is 1.70. The molecule has 0 saturated heterocycles. The number of methoxy groups -OCH3 is 1. The van der Waals surface area contributed by atoms with Crippen molar-refractivity contribution in [1.29, 1.82) is 0 Å². The van der Waals surface area contributed by atoms with Gasteiger partial charge in [-0.05, 0) is 43.2 Å². The van der Waals surface area contributed by atoms with Crippen LogP contribution in [0.25, 0.3) is 0 Å². The highest BCUT2D eigenvalue weighted by Gasteiger charge is 2.29. The van der Waals surface area contributed by atoms with Crippen LogP contribution >= 0.6 is 0 Å². The van der Waals surface area contributed by atoms with Gasteiger partial charge in [0.1, 0.15) is 17.3 Å². The Labute approximate surface area is 158 Å². The van der Waals surface area contributed by atoms with E-state index in [2.05, 4.69) is 53.6 Å². The van der Waals surface area contributed by atoms with Crippen LogP contribution in [0.2, 0.25) is 0 Å². The number of aromatic amines is 1. The number of amidine groups is 1. The number of nitrogen functional groups attached to an aromatic ring is 1. The lowest BCUT2D eigenvalue weighted by molar-refractivity contribution is 0.414. The van der Waals surface area contributed by atoms with Crippen molar-refractivity contribution in [2.24, 2.45) is 4.99 Å². The van der Waals surface area contributed by atoms with E-state index in [-0.39, 0.29) is 5.92 Å². The van der Waals surface area contributed by atoms with Gasteiger partial charge in [-0.2, -0.15) is 5.10 Å². The zero-order valence-electron chi connectivity index (χ0n) is 15.7. The molecule has 1 aliphatic heterocycles. The molecule has 0 bridgehead atoms. The molecule has 6 nitrogen and oxygen atoms in total. The highest BCUT2D eigenvalue weighted by atomic mass is 16.5. The molecule has 1 aliphatic rings. The Hall–Kier alpha value is -3.28. The highest BCUT2D eigenvalue weighted by Crippen LogP contribution is 2.35. The van der Waals surface area contributed by atoms with Crippen LogP contribution in [0, 0.1) is 13.8 Å². The van der Waals surface area contributed by atoms with Gasteiger partial charge >= 0.3 is 0 Å². The summed E-state index contributed by atoms with van der Waals surface area (Å²) in [4.78, 5) is 4.79. The van der Waals surface area contributed by atoms with Gasteiger partial charge in [-0.25, -0.2) is 0 Å². The maximum absolute atomic E-state index is 6.21. The maximum atomic E-state index is 6.21. The molecule has 0 aliphatic carbocycles. The van der Waals surface area contributed by atoms with Crippen LogP contribution in [-0.2, 0) is 0 Å². The number of hydrogen-bond acceptors (Lipinski definition) is 5.